The molecule has 2 nitrogen and oxygen atoms in total. The summed E-state index contributed by atoms with van der Waals surface area (Å²) >= 11 is 3.55. The van der Waals surface area contributed by atoms with Gasteiger partial charge in [0.25, 0.3) is 0 Å². The van der Waals surface area contributed by atoms with Gasteiger partial charge in [-0.3, -0.25) is 0 Å². The van der Waals surface area contributed by atoms with E-state index in [4.69, 9.17) is 0 Å². The van der Waals surface area contributed by atoms with Crippen molar-refractivity contribution in [3.63, 3.8) is 0 Å². The van der Waals surface area contributed by atoms with Crippen molar-refractivity contribution in [2.24, 2.45) is 0 Å². The third-order valence-corrected chi connectivity index (χ3v) is 2.72. The molecule has 0 atom stereocenters. The molecule has 0 aliphatic rings. The van der Waals surface area contributed by atoms with E-state index < -0.39 is 0 Å². The Labute approximate surface area is 94.5 Å². The van der Waals surface area contributed by atoms with E-state index in [1.807, 2.05) is 6.20 Å². The van der Waals surface area contributed by atoms with E-state index in [0.29, 0.717) is 0 Å². The SMILES string of the molecule is CCCN(CC)c1ncc(C)cc1Br. The van der Waals surface area contributed by atoms with Gasteiger partial charge in [-0.25, -0.2) is 4.98 Å². The molecule has 14 heavy (non-hydrogen) atoms. The van der Waals surface area contributed by atoms with E-state index >= 15 is 0 Å². The minimum atomic E-state index is 1.00. The fourth-order valence-electron chi connectivity index (χ4n) is 1.44. The molecule has 1 rings (SSSR count). The van der Waals surface area contributed by atoms with E-state index in [2.05, 4.69) is 52.7 Å². The van der Waals surface area contributed by atoms with E-state index in [9.17, 15) is 0 Å². The first kappa shape index (κ1) is 11.5. The highest BCUT2D eigenvalue weighted by Crippen LogP contribution is 2.24. The van der Waals surface area contributed by atoms with Crippen molar-refractivity contribution in [1.82, 2.24) is 4.98 Å². The first-order chi connectivity index (χ1) is 6.69. The zero-order chi connectivity index (χ0) is 10.6. The molecular weight excluding hydrogens is 240 g/mol. The first-order valence-electron chi connectivity index (χ1n) is 5.06. The number of hydrogen-bond donors (Lipinski definition) is 0. The van der Waals surface area contributed by atoms with Gasteiger partial charge in [-0.05, 0) is 47.8 Å². The zero-order valence-electron chi connectivity index (χ0n) is 9.05. The molecule has 0 saturated heterocycles. The van der Waals surface area contributed by atoms with Crippen LogP contribution in [0.2, 0.25) is 0 Å². The number of rotatable bonds is 4. The number of aromatic nitrogens is 1. The fourth-order valence-corrected chi connectivity index (χ4v) is 2.16. The second-order valence-electron chi connectivity index (χ2n) is 3.40. The van der Waals surface area contributed by atoms with Gasteiger partial charge in [0, 0.05) is 19.3 Å². The summed E-state index contributed by atoms with van der Waals surface area (Å²) in [6.45, 7) is 8.46. The molecule has 0 aromatic carbocycles. The summed E-state index contributed by atoms with van der Waals surface area (Å²) < 4.78 is 1.09. The third kappa shape index (κ3) is 2.71. The van der Waals surface area contributed by atoms with Crippen LogP contribution in [0.1, 0.15) is 25.8 Å². The molecule has 0 aliphatic carbocycles. The van der Waals surface area contributed by atoms with Gasteiger partial charge in [-0.2, -0.15) is 0 Å². The minimum Gasteiger partial charge on any atom is -0.356 e. The highest BCUT2D eigenvalue weighted by Gasteiger charge is 2.08. The summed E-state index contributed by atoms with van der Waals surface area (Å²) in [5.41, 5.74) is 1.19. The first-order valence-corrected chi connectivity index (χ1v) is 5.85. The van der Waals surface area contributed by atoms with Gasteiger partial charge in [0.2, 0.25) is 0 Å². The molecule has 0 unspecified atom stereocenters. The van der Waals surface area contributed by atoms with Crippen LogP contribution in [-0.4, -0.2) is 18.1 Å². The molecule has 3 heteroatoms. The molecule has 78 valence electrons. The molecule has 0 N–H and O–H groups in total. The van der Waals surface area contributed by atoms with Gasteiger partial charge in [0.1, 0.15) is 5.82 Å². The Balaban J connectivity index is 2.92. The highest BCUT2D eigenvalue weighted by atomic mass is 79.9. The van der Waals surface area contributed by atoms with Crippen molar-refractivity contribution in [1.29, 1.82) is 0 Å². The molecule has 0 saturated carbocycles. The number of hydrogen-bond acceptors (Lipinski definition) is 2. The lowest BCUT2D eigenvalue weighted by molar-refractivity contribution is 0.776. The number of aryl methyl sites for hydroxylation is 1. The second kappa shape index (κ2) is 5.35. The molecule has 0 spiro atoms. The minimum absolute atomic E-state index is 1.00. The average Bonchev–Trinajstić information content (AvgIpc) is 2.15. The molecule has 1 aromatic rings. The summed E-state index contributed by atoms with van der Waals surface area (Å²) in [7, 11) is 0. The third-order valence-electron chi connectivity index (χ3n) is 2.13. The maximum Gasteiger partial charge on any atom is 0.142 e. The van der Waals surface area contributed by atoms with Crippen LogP contribution >= 0.6 is 15.9 Å². The van der Waals surface area contributed by atoms with Crippen LogP contribution < -0.4 is 4.90 Å². The number of pyridine rings is 1. The quantitative estimate of drug-likeness (QED) is 0.821. The van der Waals surface area contributed by atoms with Gasteiger partial charge >= 0.3 is 0 Å². The Morgan fingerprint density at radius 1 is 1.43 bits per heavy atom. The van der Waals surface area contributed by atoms with Crippen LogP contribution in [-0.2, 0) is 0 Å². The number of anilines is 1. The normalized spacial score (nSPS) is 10.3. The molecule has 0 amide bonds. The van der Waals surface area contributed by atoms with Crippen LogP contribution in [0.25, 0.3) is 0 Å². The summed E-state index contributed by atoms with van der Waals surface area (Å²) in [5, 5.41) is 0. The van der Waals surface area contributed by atoms with Crippen molar-refractivity contribution < 1.29 is 0 Å². The Morgan fingerprint density at radius 2 is 2.14 bits per heavy atom. The standard InChI is InChI=1S/C11H17BrN2/c1-4-6-14(5-2)11-10(12)7-9(3)8-13-11/h7-8H,4-6H2,1-3H3. The van der Waals surface area contributed by atoms with Gasteiger partial charge in [0.05, 0.1) is 4.47 Å². The Hall–Kier alpha value is -0.570. The van der Waals surface area contributed by atoms with E-state index in [-0.39, 0.29) is 0 Å². The summed E-state index contributed by atoms with van der Waals surface area (Å²) in [4.78, 5) is 6.73. The Kier molecular flexibility index (Phi) is 4.39. The smallest absolute Gasteiger partial charge is 0.142 e. The molecule has 0 radical (unpaired) electrons. The lowest BCUT2D eigenvalue weighted by Crippen LogP contribution is -2.24. The molecule has 0 aliphatic heterocycles. The number of nitrogens with zero attached hydrogens (tertiary/aromatic N) is 2. The van der Waals surface area contributed by atoms with Crippen LogP contribution in [0.4, 0.5) is 5.82 Å². The predicted octanol–water partition coefficient (Wildman–Crippen LogP) is 3.39. The van der Waals surface area contributed by atoms with Gasteiger partial charge in [-0.1, -0.05) is 6.92 Å². The van der Waals surface area contributed by atoms with Gasteiger partial charge in [-0.15, -0.1) is 0 Å². The van der Waals surface area contributed by atoms with Crippen molar-refractivity contribution in [3.05, 3.63) is 22.3 Å². The van der Waals surface area contributed by atoms with Crippen molar-refractivity contribution >= 4 is 21.7 Å². The maximum absolute atomic E-state index is 4.45. The topological polar surface area (TPSA) is 16.1 Å². The molecular formula is C11H17BrN2. The summed E-state index contributed by atoms with van der Waals surface area (Å²) in [6, 6.07) is 2.11. The molecule has 1 heterocycles. The van der Waals surface area contributed by atoms with Crippen molar-refractivity contribution in [3.8, 4) is 0 Å². The summed E-state index contributed by atoms with van der Waals surface area (Å²) in [5.74, 6) is 1.06. The second-order valence-corrected chi connectivity index (χ2v) is 4.25. The highest BCUT2D eigenvalue weighted by molar-refractivity contribution is 9.10. The average molecular weight is 257 g/mol. The lowest BCUT2D eigenvalue weighted by Gasteiger charge is -2.22. The Bertz CT molecular complexity index is 299. The van der Waals surface area contributed by atoms with Gasteiger partial charge < -0.3 is 4.90 Å². The zero-order valence-corrected chi connectivity index (χ0v) is 10.6. The monoisotopic (exact) mass is 256 g/mol. The molecule has 0 bridgehead atoms. The van der Waals surface area contributed by atoms with Crippen molar-refractivity contribution in [2.45, 2.75) is 27.2 Å². The molecule has 1 aromatic heterocycles. The van der Waals surface area contributed by atoms with Gasteiger partial charge in [0.15, 0.2) is 0 Å². The molecule has 0 fully saturated rings. The van der Waals surface area contributed by atoms with E-state index in [1.165, 1.54) is 5.56 Å². The van der Waals surface area contributed by atoms with Crippen LogP contribution in [0.3, 0.4) is 0 Å². The maximum atomic E-state index is 4.45. The fraction of sp³-hybridized carbons (Fsp3) is 0.545. The number of halogens is 1. The van der Waals surface area contributed by atoms with Crippen LogP contribution in [0.15, 0.2) is 16.7 Å². The lowest BCUT2D eigenvalue weighted by atomic mass is 10.3. The Morgan fingerprint density at radius 3 is 2.64 bits per heavy atom. The largest absolute Gasteiger partial charge is 0.356 e. The van der Waals surface area contributed by atoms with Crippen LogP contribution in [0, 0.1) is 6.92 Å². The summed E-state index contributed by atoms with van der Waals surface area (Å²) in [6.07, 6.45) is 3.06. The predicted molar refractivity (Wildman–Crippen MR) is 64.9 cm³/mol. The van der Waals surface area contributed by atoms with Crippen LogP contribution in [0.5, 0.6) is 0 Å². The van der Waals surface area contributed by atoms with E-state index in [1.54, 1.807) is 0 Å². The van der Waals surface area contributed by atoms with Crippen molar-refractivity contribution in [2.75, 3.05) is 18.0 Å². The van der Waals surface area contributed by atoms with E-state index in [0.717, 1.165) is 29.8 Å².